The van der Waals surface area contributed by atoms with Crippen molar-refractivity contribution in [3.05, 3.63) is 56.7 Å². The Bertz CT molecular complexity index is 556. The molecule has 0 fully saturated rings. The SMILES string of the molecule is CCNC(Cc1ccc(F)c(F)c1)c1sccc1Cl. The van der Waals surface area contributed by atoms with Gasteiger partial charge in [0, 0.05) is 10.9 Å². The van der Waals surface area contributed by atoms with Crippen molar-refractivity contribution in [3.63, 3.8) is 0 Å². The van der Waals surface area contributed by atoms with Crippen LogP contribution in [0.3, 0.4) is 0 Å². The molecule has 0 aliphatic rings. The van der Waals surface area contributed by atoms with Crippen LogP contribution in [0.15, 0.2) is 29.6 Å². The zero-order valence-electron chi connectivity index (χ0n) is 10.4. The first-order valence-corrected chi connectivity index (χ1v) is 7.27. The molecule has 1 N–H and O–H groups in total. The van der Waals surface area contributed by atoms with Crippen LogP contribution in [0.4, 0.5) is 8.78 Å². The molecule has 0 radical (unpaired) electrons. The molecule has 1 aromatic heterocycles. The summed E-state index contributed by atoms with van der Waals surface area (Å²) >= 11 is 7.69. The fraction of sp³-hybridized carbons (Fsp3) is 0.286. The van der Waals surface area contributed by atoms with E-state index in [0.717, 1.165) is 23.1 Å². The van der Waals surface area contributed by atoms with Crippen molar-refractivity contribution in [2.24, 2.45) is 0 Å². The standard InChI is InChI=1S/C14H14ClF2NS/c1-2-18-13(14-10(15)5-6-19-14)8-9-3-4-11(16)12(17)7-9/h3-7,13,18H,2,8H2,1H3. The van der Waals surface area contributed by atoms with Crippen LogP contribution in [-0.2, 0) is 6.42 Å². The van der Waals surface area contributed by atoms with Gasteiger partial charge in [0.2, 0.25) is 0 Å². The van der Waals surface area contributed by atoms with Gasteiger partial charge in [0.05, 0.1) is 5.02 Å². The molecule has 1 nitrogen and oxygen atoms in total. The lowest BCUT2D eigenvalue weighted by molar-refractivity contribution is 0.503. The smallest absolute Gasteiger partial charge is 0.159 e. The molecule has 1 aromatic carbocycles. The monoisotopic (exact) mass is 301 g/mol. The minimum Gasteiger partial charge on any atom is -0.309 e. The Kier molecular flexibility index (Phi) is 4.91. The minimum absolute atomic E-state index is 0.0161. The van der Waals surface area contributed by atoms with Crippen LogP contribution in [0, 0.1) is 11.6 Å². The fourth-order valence-corrected chi connectivity index (χ4v) is 3.23. The van der Waals surface area contributed by atoms with Gasteiger partial charge in [0.25, 0.3) is 0 Å². The molecule has 0 saturated heterocycles. The summed E-state index contributed by atoms with van der Waals surface area (Å²) in [5, 5.41) is 5.95. The normalized spacial score (nSPS) is 12.6. The highest BCUT2D eigenvalue weighted by atomic mass is 35.5. The van der Waals surface area contributed by atoms with Gasteiger partial charge in [-0.3, -0.25) is 0 Å². The number of halogens is 3. The first-order chi connectivity index (χ1) is 9.11. The fourth-order valence-electron chi connectivity index (χ4n) is 1.96. The summed E-state index contributed by atoms with van der Waals surface area (Å²) in [5.41, 5.74) is 0.745. The molecule has 2 rings (SSSR count). The highest BCUT2D eigenvalue weighted by molar-refractivity contribution is 7.10. The van der Waals surface area contributed by atoms with Gasteiger partial charge in [0.1, 0.15) is 0 Å². The third-order valence-electron chi connectivity index (χ3n) is 2.84. The molecule has 5 heteroatoms. The molecule has 0 bridgehead atoms. The van der Waals surface area contributed by atoms with Gasteiger partial charge in [-0.05, 0) is 42.1 Å². The van der Waals surface area contributed by atoms with Gasteiger partial charge in [-0.2, -0.15) is 0 Å². The summed E-state index contributed by atoms with van der Waals surface area (Å²) < 4.78 is 26.1. The second kappa shape index (κ2) is 6.46. The van der Waals surface area contributed by atoms with E-state index in [-0.39, 0.29) is 6.04 Å². The Morgan fingerprint density at radius 2 is 2.05 bits per heavy atom. The van der Waals surface area contributed by atoms with Crippen LogP contribution < -0.4 is 5.32 Å². The number of rotatable bonds is 5. The molecule has 1 heterocycles. The quantitative estimate of drug-likeness (QED) is 0.853. The van der Waals surface area contributed by atoms with E-state index >= 15 is 0 Å². The molecule has 0 aliphatic heterocycles. The minimum atomic E-state index is -0.821. The molecular weight excluding hydrogens is 288 g/mol. The highest BCUT2D eigenvalue weighted by Crippen LogP contribution is 2.31. The van der Waals surface area contributed by atoms with E-state index in [0.29, 0.717) is 11.4 Å². The van der Waals surface area contributed by atoms with E-state index in [9.17, 15) is 8.78 Å². The molecule has 0 amide bonds. The van der Waals surface area contributed by atoms with Crippen LogP contribution in [0.2, 0.25) is 5.02 Å². The van der Waals surface area contributed by atoms with Gasteiger partial charge in [-0.15, -0.1) is 11.3 Å². The number of benzene rings is 1. The Morgan fingerprint density at radius 3 is 2.63 bits per heavy atom. The maximum atomic E-state index is 13.2. The Hall–Kier alpha value is -0.970. The maximum Gasteiger partial charge on any atom is 0.159 e. The summed E-state index contributed by atoms with van der Waals surface area (Å²) in [5.74, 6) is -1.64. The lowest BCUT2D eigenvalue weighted by Crippen LogP contribution is -2.22. The van der Waals surface area contributed by atoms with Gasteiger partial charge >= 0.3 is 0 Å². The van der Waals surface area contributed by atoms with Crippen molar-refractivity contribution >= 4 is 22.9 Å². The number of likely N-dealkylation sites (N-methyl/N-ethyl adjacent to an activating group) is 1. The predicted molar refractivity (Wildman–Crippen MR) is 75.8 cm³/mol. The molecule has 1 unspecified atom stereocenters. The molecule has 0 saturated carbocycles. The van der Waals surface area contributed by atoms with Crippen LogP contribution in [0.1, 0.15) is 23.4 Å². The number of thiophene rings is 1. The number of nitrogens with one attached hydrogen (secondary N) is 1. The molecule has 0 spiro atoms. The second-order valence-corrected chi connectivity index (χ2v) is 5.55. The molecule has 19 heavy (non-hydrogen) atoms. The lowest BCUT2D eigenvalue weighted by Gasteiger charge is -2.17. The van der Waals surface area contributed by atoms with E-state index in [4.69, 9.17) is 11.6 Å². The predicted octanol–water partition coefficient (Wildman–Crippen LogP) is 4.57. The van der Waals surface area contributed by atoms with E-state index in [1.165, 1.54) is 6.07 Å². The molecule has 2 aromatic rings. The van der Waals surface area contributed by atoms with Crippen LogP contribution in [0.25, 0.3) is 0 Å². The lowest BCUT2D eigenvalue weighted by atomic mass is 10.0. The van der Waals surface area contributed by atoms with Gasteiger partial charge in [-0.1, -0.05) is 24.6 Å². The summed E-state index contributed by atoms with van der Waals surface area (Å²) in [4.78, 5) is 1.02. The molecule has 1 atom stereocenters. The maximum absolute atomic E-state index is 13.2. The van der Waals surface area contributed by atoms with Gasteiger partial charge < -0.3 is 5.32 Å². The van der Waals surface area contributed by atoms with Gasteiger partial charge in [-0.25, -0.2) is 8.78 Å². The number of hydrogen-bond acceptors (Lipinski definition) is 2. The highest BCUT2D eigenvalue weighted by Gasteiger charge is 2.16. The molecule has 102 valence electrons. The third-order valence-corrected chi connectivity index (χ3v) is 4.31. The second-order valence-electron chi connectivity index (χ2n) is 4.20. The van der Waals surface area contributed by atoms with Crippen molar-refractivity contribution in [1.82, 2.24) is 5.32 Å². The zero-order chi connectivity index (χ0) is 13.8. The topological polar surface area (TPSA) is 12.0 Å². The summed E-state index contributed by atoms with van der Waals surface area (Å²) in [6, 6.07) is 5.86. The van der Waals surface area contributed by atoms with E-state index in [1.807, 2.05) is 18.4 Å². The van der Waals surface area contributed by atoms with Crippen molar-refractivity contribution in [3.8, 4) is 0 Å². The van der Waals surface area contributed by atoms with Crippen molar-refractivity contribution in [2.45, 2.75) is 19.4 Å². The van der Waals surface area contributed by atoms with Crippen molar-refractivity contribution in [2.75, 3.05) is 6.54 Å². The Labute approximate surface area is 120 Å². The molecular formula is C14H14ClF2NS. The summed E-state index contributed by atoms with van der Waals surface area (Å²) in [7, 11) is 0. The van der Waals surface area contributed by atoms with Crippen LogP contribution in [-0.4, -0.2) is 6.54 Å². The van der Waals surface area contributed by atoms with Crippen molar-refractivity contribution < 1.29 is 8.78 Å². The van der Waals surface area contributed by atoms with E-state index in [2.05, 4.69) is 5.32 Å². The third kappa shape index (κ3) is 3.53. The Morgan fingerprint density at radius 1 is 1.26 bits per heavy atom. The summed E-state index contributed by atoms with van der Waals surface area (Å²) in [6.45, 7) is 2.78. The average molecular weight is 302 g/mol. The summed E-state index contributed by atoms with van der Waals surface area (Å²) in [6.07, 6.45) is 0.575. The zero-order valence-corrected chi connectivity index (χ0v) is 12.0. The van der Waals surface area contributed by atoms with E-state index < -0.39 is 11.6 Å². The largest absolute Gasteiger partial charge is 0.309 e. The average Bonchev–Trinajstić information content (AvgIpc) is 2.79. The molecule has 0 aliphatic carbocycles. The van der Waals surface area contributed by atoms with Gasteiger partial charge in [0.15, 0.2) is 11.6 Å². The first kappa shape index (κ1) is 14.4. The van der Waals surface area contributed by atoms with Crippen molar-refractivity contribution in [1.29, 1.82) is 0 Å². The first-order valence-electron chi connectivity index (χ1n) is 6.02. The van der Waals surface area contributed by atoms with E-state index in [1.54, 1.807) is 17.4 Å². The Balaban J connectivity index is 2.21. The number of hydrogen-bond donors (Lipinski definition) is 1. The van der Waals surface area contributed by atoms with Crippen LogP contribution >= 0.6 is 22.9 Å². The van der Waals surface area contributed by atoms with Crippen LogP contribution in [0.5, 0.6) is 0 Å².